The van der Waals surface area contributed by atoms with Crippen LogP contribution in [-0.4, -0.2) is 11.2 Å². The molecule has 1 saturated carbocycles. The molecular formula is C13H26O. The Labute approximate surface area is 88.9 Å². The fourth-order valence-electron chi connectivity index (χ4n) is 2.77. The van der Waals surface area contributed by atoms with Gasteiger partial charge in [0.15, 0.2) is 0 Å². The smallest absolute Gasteiger partial charge is 0.0512 e. The average Bonchev–Trinajstić information content (AvgIpc) is 2.30. The molecule has 1 aliphatic rings. The fourth-order valence-corrected chi connectivity index (χ4v) is 2.77. The number of aliphatic hydroxyl groups is 1. The number of hydrogen-bond acceptors (Lipinski definition) is 1. The van der Waals surface area contributed by atoms with Crippen molar-refractivity contribution >= 4 is 0 Å². The average molecular weight is 198 g/mol. The van der Waals surface area contributed by atoms with Crippen LogP contribution in [0.5, 0.6) is 0 Å². The van der Waals surface area contributed by atoms with E-state index in [-0.39, 0.29) is 6.10 Å². The highest BCUT2D eigenvalue weighted by Gasteiger charge is 2.39. The van der Waals surface area contributed by atoms with Crippen LogP contribution >= 0.6 is 0 Å². The van der Waals surface area contributed by atoms with Gasteiger partial charge in [-0.25, -0.2) is 0 Å². The largest absolute Gasteiger partial charge is 0.393 e. The minimum atomic E-state index is -0.114. The summed E-state index contributed by atoms with van der Waals surface area (Å²) < 4.78 is 0. The molecule has 84 valence electrons. The summed E-state index contributed by atoms with van der Waals surface area (Å²) in [6.07, 6.45) is 6.15. The zero-order chi connectivity index (χ0) is 10.8. The van der Waals surface area contributed by atoms with Gasteiger partial charge in [-0.05, 0) is 49.9 Å². The van der Waals surface area contributed by atoms with Gasteiger partial charge in [-0.3, -0.25) is 0 Å². The predicted molar refractivity (Wildman–Crippen MR) is 61.2 cm³/mol. The van der Waals surface area contributed by atoms with E-state index in [1.165, 1.54) is 25.7 Å². The molecule has 0 aromatic rings. The Kier molecular flexibility index (Phi) is 4.00. The Morgan fingerprint density at radius 1 is 1.36 bits per heavy atom. The molecule has 1 rings (SSSR count). The predicted octanol–water partition coefficient (Wildman–Crippen LogP) is 3.61. The van der Waals surface area contributed by atoms with Gasteiger partial charge in [-0.15, -0.1) is 0 Å². The third kappa shape index (κ3) is 2.73. The monoisotopic (exact) mass is 198 g/mol. The van der Waals surface area contributed by atoms with E-state index in [0.29, 0.717) is 5.41 Å². The van der Waals surface area contributed by atoms with Crippen LogP contribution in [0.1, 0.15) is 59.8 Å². The number of rotatable bonds is 4. The Morgan fingerprint density at radius 3 is 2.43 bits per heavy atom. The summed E-state index contributed by atoms with van der Waals surface area (Å²) in [6.45, 7) is 9.10. The van der Waals surface area contributed by atoms with Gasteiger partial charge in [0.25, 0.3) is 0 Å². The lowest BCUT2D eigenvalue weighted by atomic mass is 9.74. The second-order valence-electron chi connectivity index (χ2n) is 5.78. The highest BCUT2D eigenvalue weighted by Crippen LogP contribution is 2.49. The summed E-state index contributed by atoms with van der Waals surface area (Å²) in [5.41, 5.74) is 0.526. The molecule has 0 aliphatic heterocycles. The van der Waals surface area contributed by atoms with Crippen LogP contribution in [0.25, 0.3) is 0 Å². The van der Waals surface area contributed by atoms with Gasteiger partial charge in [-0.1, -0.05) is 27.2 Å². The fraction of sp³-hybridized carbons (Fsp3) is 1.00. The first kappa shape index (κ1) is 12.0. The summed E-state index contributed by atoms with van der Waals surface area (Å²) in [7, 11) is 0. The molecule has 0 heterocycles. The molecule has 0 aromatic heterocycles. The van der Waals surface area contributed by atoms with Crippen LogP contribution in [0.3, 0.4) is 0 Å². The van der Waals surface area contributed by atoms with Crippen LogP contribution in [-0.2, 0) is 0 Å². The van der Waals surface area contributed by atoms with Crippen molar-refractivity contribution in [1.82, 2.24) is 0 Å². The van der Waals surface area contributed by atoms with Crippen molar-refractivity contribution in [3.63, 3.8) is 0 Å². The van der Waals surface area contributed by atoms with Crippen LogP contribution in [0.2, 0.25) is 0 Å². The van der Waals surface area contributed by atoms with Gasteiger partial charge in [0, 0.05) is 0 Å². The SMILES string of the molecule is CC(O)CCCC1CCC(C)C1(C)C. The molecule has 1 nitrogen and oxygen atoms in total. The summed E-state index contributed by atoms with van der Waals surface area (Å²) in [5, 5.41) is 9.21. The minimum absolute atomic E-state index is 0.114. The molecule has 0 spiro atoms. The molecule has 3 unspecified atom stereocenters. The topological polar surface area (TPSA) is 20.2 Å². The van der Waals surface area contributed by atoms with Gasteiger partial charge in [0.2, 0.25) is 0 Å². The summed E-state index contributed by atoms with van der Waals surface area (Å²) in [4.78, 5) is 0. The van der Waals surface area contributed by atoms with E-state index < -0.39 is 0 Å². The van der Waals surface area contributed by atoms with Crippen molar-refractivity contribution in [3.8, 4) is 0 Å². The normalized spacial score (nSPS) is 33.2. The third-order valence-corrected chi connectivity index (χ3v) is 4.44. The maximum Gasteiger partial charge on any atom is 0.0512 e. The van der Waals surface area contributed by atoms with Gasteiger partial charge in [0.05, 0.1) is 6.10 Å². The number of aliphatic hydroxyl groups excluding tert-OH is 1. The molecule has 0 aromatic carbocycles. The molecular weight excluding hydrogens is 172 g/mol. The van der Waals surface area contributed by atoms with Gasteiger partial charge in [-0.2, -0.15) is 0 Å². The molecule has 1 aliphatic carbocycles. The van der Waals surface area contributed by atoms with E-state index in [1.807, 2.05) is 6.92 Å². The lowest BCUT2D eigenvalue weighted by Crippen LogP contribution is -2.23. The van der Waals surface area contributed by atoms with Crippen molar-refractivity contribution < 1.29 is 5.11 Å². The van der Waals surface area contributed by atoms with E-state index in [0.717, 1.165) is 18.3 Å². The zero-order valence-electron chi connectivity index (χ0n) is 10.2. The van der Waals surface area contributed by atoms with Crippen molar-refractivity contribution in [2.45, 2.75) is 65.9 Å². The van der Waals surface area contributed by atoms with E-state index in [4.69, 9.17) is 0 Å². The maximum absolute atomic E-state index is 9.21. The number of hydrogen-bond donors (Lipinski definition) is 1. The first-order valence-corrected chi connectivity index (χ1v) is 6.12. The summed E-state index contributed by atoms with van der Waals surface area (Å²) in [6, 6.07) is 0. The Balaban J connectivity index is 2.32. The highest BCUT2D eigenvalue weighted by atomic mass is 16.3. The van der Waals surface area contributed by atoms with Crippen LogP contribution in [0, 0.1) is 17.3 Å². The minimum Gasteiger partial charge on any atom is -0.393 e. The summed E-state index contributed by atoms with van der Waals surface area (Å²) >= 11 is 0. The zero-order valence-corrected chi connectivity index (χ0v) is 10.2. The Hall–Kier alpha value is -0.0400. The molecule has 14 heavy (non-hydrogen) atoms. The van der Waals surface area contributed by atoms with Crippen molar-refractivity contribution in [2.75, 3.05) is 0 Å². The quantitative estimate of drug-likeness (QED) is 0.731. The van der Waals surface area contributed by atoms with Gasteiger partial charge < -0.3 is 5.11 Å². The molecule has 3 atom stereocenters. The van der Waals surface area contributed by atoms with E-state index >= 15 is 0 Å². The lowest BCUT2D eigenvalue weighted by Gasteiger charge is -2.31. The molecule has 1 fully saturated rings. The lowest BCUT2D eigenvalue weighted by molar-refractivity contribution is 0.157. The standard InChI is InChI=1S/C13H26O/c1-10-8-9-12(13(10,3)4)7-5-6-11(2)14/h10-12,14H,5-9H2,1-4H3. The summed E-state index contributed by atoms with van der Waals surface area (Å²) in [5.74, 6) is 1.76. The molecule has 0 amide bonds. The van der Waals surface area contributed by atoms with Crippen molar-refractivity contribution in [1.29, 1.82) is 0 Å². The second kappa shape index (κ2) is 4.65. The first-order chi connectivity index (χ1) is 6.44. The van der Waals surface area contributed by atoms with Crippen molar-refractivity contribution in [3.05, 3.63) is 0 Å². The van der Waals surface area contributed by atoms with Crippen LogP contribution < -0.4 is 0 Å². The third-order valence-electron chi connectivity index (χ3n) is 4.44. The van der Waals surface area contributed by atoms with Crippen LogP contribution in [0.15, 0.2) is 0 Å². The van der Waals surface area contributed by atoms with E-state index in [9.17, 15) is 5.11 Å². The first-order valence-electron chi connectivity index (χ1n) is 6.12. The van der Waals surface area contributed by atoms with Gasteiger partial charge >= 0.3 is 0 Å². The Morgan fingerprint density at radius 2 is 2.00 bits per heavy atom. The van der Waals surface area contributed by atoms with Crippen LogP contribution in [0.4, 0.5) is 0 Å². The van der Waals surface area contributed by atoms with Crippen molar-refractivity contribution in [2.24, 2.45) is 17.3 Å². The molecule has 0 bridgehead atoms. The molecule has 1 N–H and O–H groups in total. The van der Waals surface area contributed by atoms with Gasteiger partial charge in [0.1, 0.15) is 0 Å². The highest BCUT2D eigenvalue weighted by molar-refractivity contribution is 4.89. The molecule has 0 saturated heterocycles. The van der Waals surface area contributed by atoms with E-state index in [1.54, 1.807) is 0 Å². The second-order valence-corrected chi connectivity index (χ2v) is 5.78. The molecule has 0 radical (unpaired) electrons. The van der Waals surface area contributed by atoms with E-state index in [2.05, 4.69) is 20.8 Å². The molecule has 1 heteroatoms. The maximum atomic E-state index is 9.21. The Bertz CT molecular complexity index is 172.